The van der Waals surface area contributed by atoms with Crippen LogP contribution in [-0.2, 0) is 11.2 Å². The van der Waals surface area contributed by atoms with Crippen LogP contribution in [0.25, 0.3) is 11.0 Å². The molecule has 1 aromatic carbocycles. The number of aromatic nitrogens is 2. The van der Waals surface area contributed by atoms with Crippen LogP contribution in [0.3, 0.4) is 0 Å². The number of rotatable bonds is 5. The van der Waals surface area contributed by atoms with Crippen LogP contribution >= 0.6 is 0 Å². The largest absolute Gasteiger partial charge is 0.458 e. The molecule has 0 radical (unpaired) electrons. The number of benzene rings is 1. The molecule has 0 unspecified atom stereocenters. The molecule has 4 rings (SSSR count). The average Bonchev–Trinajstić information content (AvgIpc) is 3.19. The summed E-state index contributed by atoms with van der Waals surface area (Å²) in [6, 6.07) is -1.16. The SMILES string of the molecule is CC.CCc1cc(F)cc2c(C)c([C@@H](NC(=O)Nc3cnc(N4CCOC[C@H]4C)nc3)C(F)(F)F)oc12.[HH].[HH]. The maximum Gasteiger partial charge on any atom is 0.416 e. The molecule has 1 saturated heterocycles. The van der Waals surface area contributed by atoms with Crippen molar-refractivity contribution < 1.29 is 34.4 Å². The van der Waals surface area contributed by atoms with Crippen LogP contribution in [0, 0.1) is 12.7 Å². The first-order chi connectivity index (χ1) is 17.6. The maximum absolute atomic E-state index is 14.0. The molecule has 0 spiro atoms. The van der Waals surface area contributed by atoms with E-state index in [4.69, 9.17) is 9.15 Å². The molecule has 2 atom stereocenters. The Bertz CT molecular complexity index is 1230. The molecule has 0 bridgehead atoms. The first kappa shape index (κ1) is 28.2. The van der Waals surface area contributed by atoms with Crippen molar-refractivity contribution in [1.29, 1.82) is 0 Å². The number of nitrogens with one attached hydrogen (secondary N) is 2. The molecular formula is C25H35F4N5O3. The summed E-state index contributed by atoms with van der Waals surface area (Å²) in [5.74, 6) is -0.651. The summed E-state index contributed by atoms with van der Waals surface area (Å²) in [7, 11) is 0. The van der Waals surface area contributed by atoms with E-state index >= 15 is 0 Å². The summed E-state index contributed by atoms with van der Waals surface area (Å²) in [6.07, 6.45) is -1.87. The van der Waals surface area contributed by atoms with E-state index < -0.39 is 29.8 Å². The molecule has 206 valence electrons. The predicted molar refractivity (Wildman–Crippen MR) is 136 cm³/mol. The van der Waals surface area contributed by atoms with Crippen molar-refractivity contribution in [3.05, 3.63) is 47.2 Å². The number of aryl methyl sites for hydroxylation is 2. The van der Waals surface area contributed by atoms with E-state index in [1.54, 1.807) is 6.92 Å². The molecule has 12 heteroatoms. The molecule has 0 aliphatic carbocycles. The van der Waals surface area contributed by atoms with Gasteiger partial charge in [0.25, 0.3) is 0 Å². The van der Waals surface area contributed by atoms with Crippen LogP contribution in [-0.4, -0.2) is 48.0 Å². The highest BCUT2D eigenvalue weighted by Gasteiger charge is 2.45. The first-order valence-corrected chi connectivity index (χ1v) is 12.1. The number of carbonyl (C=O) groups is 1. The van der Waals surface area contributed by atoms with Crippen LogP contribution in [0.1, 0.15) is 53.5 Å². The molecule has 1 aliphatic rings. The second-order valence-electron chi connectivity index (χ2n) is 8.35. The molecule has 3 aromatic rings. The van der Waals surface area contributed by atoms with Crippen LogP contribution in [0.4, 0.5) is 34.0 Å². The highest BCUT2D eigenvalue weighted by Crippen LogP contribution is 2.39. The highest BCUT2D eigenvalue weighted by molar-refractivity contribution is 5.90. The zero-order valence-electron chi connectivity index (χ0n) is 21.4. The second kappa shape index (κ2) is 11.8. The molecule has 0 saturated carbocycles. The van der Waals surface area contributed by atoms with Gasteiger partial charge in [0.05, 0.1) is 37.3 Å². The number of carbonyl (C=O) groups excluding carboxylic acids is 1. The molecule has 8 nitrogen and oxygen atoms in total. The van der Waals surface area contributed by atoms with E-state index in [-0.39, 0.29) is 31.1 Å². The number of morpholine rings is 1. The van der Waals surface area contributed by atoms with Gasteiger partial charge in [-0.3, -0.25) is 0 Å². The van der Waals surface area contributed by atoms with Crippen LogP contribution in [0.5, 0.6) is 0 Å². The topological polar surface area (TPSA) is 92.5 Å². The minimum Gasteiger partial charge on any atom is -0.458 e. The number of urea groups is 1. The van der Waals surface area contributed by atoms with Gasteiger partial charge in [0.1, 0.15) is 17.2 Å². The number of halogens is 4. The summed E-state index contributed by atoms with van der Waals surface area (Å²) in [5, 5.41) is 4.47. The zero-order chi connectivity index (χ0) is 27.3. The van der Waals surface area contributed by atoms with Gasteiger partial charge in [0.15, 0.2) is 6.04 Å². The Kier molecular flexibility index (Phi) is 8.95. The minimum atomic E-state index is -4.87. The summed E-state index contributed by atoms with van der Waals surface area (Å²) >= 11 is 0. The highest BCUT2D eigenvalue weighted by atomic mass is 19.4. The van der Waals surface area contributed by atoms with Gasteiger partial charge in [-0.25, -0.2) is 19.2 Å². The van der Waals surface area contributed by atoms with Gasteiger partial charge in [-0.2, -0.15) is 13.2 Å². The van der Waals surface area contributed by atoms with Crippen molar-refractivity contribution in [1.82, 2.24) is 15.3 Å². The van der Waals surface area contributed by atoms with E-state index in [9.17, 15) is 22.4 Å². The average molecular weight is 530 g/mol. The fourth-order valence-corrected chi connectivity index (χ4v) is 4.06. The van der Waals surface area contributed by atoms with Crippen LogP contribution < -0.4 is 15.5 Å². The van der Waals surface area contributed by atoms with E-state index in [0.717, 1.165) is 6.07 Å². The Morgan fingerprint density at radius 3 is 2.54 bits per heavy atom. The van der Waals surface area contributed by atoms with E-state index in [1.807, 2.05) is 31.0 Å². The third-order valence-electron chi connectivity index (χ3n) is 5.88. The Morgan fingerprint density at radius 2 is 1.95 bits per heavy atom. The number of alkyl halides is 3. The third-order valence-corrected chi connectivity index (χ3v) is 5.88. The standard InChI is InChI=1S/C23H25F4N5O3.C2H6.2H2/c1-4-14-7-15(24)8-17-13(3)18(35-19(14)17)20(23(25,26)27)31-22(33)30-16-9-28-21(29-10-16)32-5-6-34-11-12(32)2;1-2;;/h7-10,12,20H,4-6,11H2,1-3H3,(H2,30,31,33);1-2H3;2*1H/t12-,20-;;;/m1.../s1. The minimum absolute atomic E-state index is 0. The second-order valence-corrected chi connectivity index (χ2v) is 8.35. The molecule has 2 amide bonds. The molecular weight excluding hydrogens is 494 g/mol. The van der Waals surface area contributed by atoms with Gasteiger partial charge < -0.3 is 24.7 Å². The van der Waals surface area contributed by atoms with Crippen molar-refractivity contribution in [2.75, 3.05) is 30.0 Å². The molecule has 1 fully saturated rings. The number of nitrogens with zero attached hydrogens (tertiary/aromatic N) is 3. The molecule has 2 N–H and O–H groups in total. The van der Waals surface area contributed by atoms with Crippen molar-refractivity contribution in [3.8, 4) is 0 Å². The molecule has 37 heavy (non-hydrogen) atoms. The van der Waals surface area contributed by atoms with Crippen molar-refractivity contribution >= 4 is 28.6 Å². The van der Waals surface area contributed by atoms with E-state index in [1.165, 1.54) is 25.4 Å². The van der Waals surface area contributed by atoms with Gasteiger partial charge in [-0.1, -0.05) is 20.8 Å². The van der Waals surface area contributed by atoms with Gasteiger partial charge >= 0.3 is 12.2 Å². The molecule has 3 heterocycles. The first-order valence-electron chi connectivity index (χ1n) is 12.1. The summed E-state index contributed by atoms with van der Waals surface area (Å²) in [6.45, 7) is 10.8. The number of fused-ring (bicyclic) bond motifs is 1. The molecule has 1 aliphatic heterocycles. The number of hydrogen-bond donors (Lipinski definition) is 2. The number of amides is 2. The maximum atomic E-state index is 14.0. The van der Waals surface area contributed by atoms with Crippen molar-refractivity contribution in [3.63, 3.8) is 0 Å². The Labute approximate surface area is 215 Å². The fraction of sp³-hybridized carbons (Fsp3) is 0.480. The predicted octanol–water partition coefficient (Wildman–Crippen LogP) is 6.40. The fourth-order valence-electron chi connectivity index (χ4n) is 4.06. The van der Waals surface area contributed by atoms with Crippen LogP contribution in [0.15, 0.2) is 28.9 Å². The summed E-state index contributed by atoms with van der Waals surface area (Å²) in [5.41, 5.74) is 0.819. The third kappa shape index (κ3) is 6.30. The van der Waals surface area contributed by atoms with Crippen molar-refractivity contribution in [2.45, 2.75) is 59.3 Å². The number of ether oxygens (including phenoxy) is 1. The summed E-state index contributed by atoms with van der Waals surface area (Å²) in [4.78, 5) is 22.8. The quantitative estimate of drug-likeness (QED) is 0.372. The lowest BCUT2D eigenvalue weighted by molar-refractivity contribution is -0.158. The lowest BCUT2D eigenvalue weighted by atomic mass is 10.0. The zero-order valence-corrected chi connectivity index (χ0v) is 21.4. The van der Waals surface area contributed by atoms with Gasteiger partial charge in [0, 0.05) is 20.3 Å². The Balaban J connectivity index is 0.00000186. The normalized spacial score (nSPS) is 16.7. The number of anilines is 2. The van der Waals surface area contributed by atoms with Gasteiger partial charge in [-0.15, -0.1) is 0 Å². The van der Waals surface area contributed by atoms with E-state index in [2.05, 4.69) is 15.3 Å². The van der Waals surface area contributed by atoms with Crippen LogP contribution in [0.2, 0.25) is 0 Å². The lowest BCUT2D eigenvalue weighted by Gasteiger charge is -2.33. The van der Waals surface area contributed by atoms with E-state index in [0.29, 0.717) is 37.7 Å². The molecule has 2 aromatic heterocycles. The Morgan fingerprint density at radius 1 is 1.27 bits per heavy atom. The van der Waals surface area contributed by atoms with Gasteiger partial charge in [-0.05, 0) is 38.0 Å². The summed E-state index contributed by atoms with van der Waals surface area (Å²) < 4.78 is 66.7. The lowest BCUT2D eigenvalue weighted by Crippen LogP contribution is -2.44. The Hall–Kier alpha value is -3.41. The van der Waals surface area contributed by atoms with Gasteiger partial charge in [0.2, 0.25) is 5.95 Å². The van der Waals surface area contributed by atoms with Crippen molar-refractivity contribution in [2.24, 2.45) is 0 Å². The smallest absolute Gasteiger partial charge is 0.416 e. The monoisotopic (exact) mass is 529 g/mol. The number of furan rings is 1. The number of hydrogen-bond acceptors (Lipinski definition) is 6.